The van der Waals surface area contributed by atoms with Gasteiger partial charge in [-0.2, -0.15) is 0 Å². The van der Waals surface area contributed by atoms with Crippen LogP contribution in [0, 0.1) is 0 Å². The quantitative estimate of drug-likeness (QED) is 0.850. The zero-order chi connectivity index (χ0) is 13.4. The number of nitrogens with zero attached hydrogens (tertiary/aromatic N) is 3. The number of carboxylic acids is 1. The average molecular weight is 258 g/mol. The van der Waals surface area contributed by atoms with Crippen molar-refractivity contribution in [2.75, 3.05) is 0 Å². The molecule has 0 aliphatic carbocycles. The number of aromatic nitrogens is 3. The van der Waals surface area contributed by atoms with Crippen molar-refractivity contribution in [3.63, 3.8) is 0 Å². The van der Waals surface area contributed by atoms with Gasteiger partial charge >= 0.3 is 5.97 Å². The summed E-state index contributed by atoms with van der Waals surface area (Å²) in [6, 6.07) is 6.63. The fourth-order valence-corrected chi connectivity index (χ4v) is 2.41. The minimum Gasteiger partial charge on any atom is -0.478 e. The molecular weight excluding hydrogens is 244 g/mol. The molecule has 19 heavy (non-hydrogen) atoms. The molecule has 3 rings (SSSR count). The Bertz CT molecular complexity index is 635. The van der Waals surface area contributed by atoms with Gasteiger partial charge in [-0.3, -0.25) is 0 Å². The van der Waals surface area contributed by atoms with E-state index in [-0.39, 0.29) is 11.6 Å². The molecule has 98 valence electrons. The first-order valence-electron chi connectivity index (χ1n) is 6.19. The molecule has 0 amide bonds. The second-order valence-electron chi connectivity index (χ2n) is 4.67. The minimum absolute atomic E-state index is 0.0855. The van der Waals surface area contributed by atoms with E-state index in [1.807, 2.05) is 10.6 Å². The summed E-state index contributed by atoms with van der Waals surface area (Å²) in [5.41, 5.74) is 7.00. The number of hydrogen-bond acceptors (Lipinski definition) is 4. The van der Waals surface area contributed by atoms with Gasteiger partial charge in [-0.15, -0.1) is 10.2 Å². The van der Waals surface area contributed by atoms with Gasteiger partial charge in [0.2, 0.25) is 0 Å². The Kier molecular flexibility index (Phi) is 2.79. The number of hydrogen-bond donors (Lipinski definition) is 2. The molecule has 3 N–H and O–H groups in total. The van der Waals surface area contributed by atoms with Crippen LogP contribution in [0.4, 0.5) is 0 Å². The standard InChI is InChI=1S/C13H14N4O2/c14-10-5-2-6-17-11(15-16-12(10)17)8-3-1-4-9(7-8)13(18)19/h1,3-4,7,10H,2,5-6,14H2,(H,18,19). The van der Waals surface area contributed by atoms with Gasteiger partial charge in [-0.25, -0.2) is 4.79 Å². The van der Waals surface area contributed by atoms with Crippen LogP contribution in [-0.2, 0) is 6.54 Å². The highest BCUT2D eigenvalue weighted by Crippen LogP contribution is 2.27. The summed E-state index contributed by atoms with van der Waals surface area (Å²) < 4.78 is 1.98. The van der Waals surface area contributed by atoms with Crippen molar-refractivity contribution in [3.8, 4) is 11.4 Å². The Morgan fingerprint density at radius 3 is 3.05 bits per heavy atom. The first-order chi connectivity index (χ1) is 9.16. The van der Waals surface area contributed by atoms with Crippen LogP contribution in [-0.4, -0.2) is 25.8 Å². The normalized spacial score (nSPS) is 18.1. The molecule has 0 fully saturated rings. The topological polar surface area (TPSA) is 94.0 Å². The molecule has 1 aromatic heterocycles. The molecule has 1 aliphatic rings. The van der Waals surface area contributed by atoms with E-state index in [4.69, 9.17) is 10.8 Å². The van der Waals surface area contributed by atoms with Crippen LogP contribution < -0.4 is 5.73 Å². The summed E-state index contributed by atoms with van der Waals surface area (Å²) in [7, 11) is 0. The summed E-state index contributed by atoms with van der Waals surface area (Å²) in [5, 5.41) is 17.3. The molecular formula is C13H14N4O2. The van der Waals surface area contributed by atoms with Gasteiger partial charge in [0.25, 0.3) is 0 Å². The largest absolute Gasteiger partial charge is 0.478 e. The summed E-state index contributed by atoms with van der Waals surface area (Å²) >= 11 is 0. The van der Waals surface area contributed by atoms with E-state index in [1.165, 1.54) is 0 Å². The molecule has 0 radical (unpaired) electrons. The molecule has 1 unspecified atom stereocenters. The molecule has 2 heterocycles. The third-order valence-electron chi connectivity index (χ3n) is 3.38. The van der Waals surface area contributed by atoms with E-state index in [2.05, 4.69) is 10.2 Å². The van der Waals surface area contributed by atoms with Crippen LogP contribution in [0.1, 0.15) is 35.1 Å². The second kappa shape index (κ2) is 4.47. The zero-order valence-corrected chi connectivity index (χ0v) is 10.3. The van der Waals surface area contributed by atoms with Gasteiger partial charge in [0.15, 0.2) is 5.82 Å². The number of carbonyl (C=O) groups is 1. The van der Waals surface area contributed by atoms with Crippen molar-refractivity contribution in [1.29, 1.82) is 0 Å². The monoisotopic (exact) mass is 258 g/mol. The van der Waals surface area contributed by atoms with Crippen molar-refractivity contribution in [3.05, 3.63) is 35.7 Å². The highest BCUT2D eigenvalue weighted by atomic mass is 16.4. The molecule has 0 saturated carbocycles. The predicted molar refractivity (Wildman–Crippen MR) is 68.6 cm³/mol. The van der Waals surface area contributed by atoms with Crippen molar-refractivity contribution in [2.45, 2.75) is 25.4 Å². The highest BCUT2D eigenvalue weighted by molar-refractivity contribution is 5.89. The maximum Gasteiger partial charge on any atom is 0.335 e. The Morgan fingerprint density at radius 1 is 1.42 bits per heavy atom. The van der Waals surface area contributed by atoms with Crippen molar-refractivity contribution < 1.29 is 9.90 Å². The van der Waals surface area contributed by atoms with Gasteiger partial charge in [-0.05, 0) is 25.0 Å². The van der Waals surface area contributed by atoms with E-state index in [1.54, 1.807) is 18.2 Å². The van der Waals surface area contributed by atoms with Crippen molar-refractivity contribution in [1.82, 2.24) is 14.8 Å². The van der Waals surface area contributed by atoms with Gasteiger partial charge in [0, 0.05) is 12.1 Å². The summed E-state index contributed by atoms with van der Waals surface area (Å²) in [6.45, 7) is 0.822. The molecule has 6 nitrogen and oxygen atoms in total. The number of aromatic carboxylic acids is 1. The van der Waals surface area contributed by atoms with Crippen molar-refractivity contribution in [2.24, 2.45) is 5.73 Å². The van der Waals surface area contributed by atoms with E-state index in [0.717, 1.165) is 30.8 Å². The number of nitrogens with two attached hydrogens (primary N) is 1. The lowest BCUT2D eigenvalue weighted by atomic mass is 10.1. The van der Waals surface area contributed by atoms with Crippen LogP contribution in [0.3, 0.4) is 0 Å². The van der Waals surface area contributed by atoms with Crippen molar-refractivity contribution >= 4 is 5.97 Å². The lowest BCUT2D eigenvalue weighted by molar-refractivity contribution is 0.0697. The Balaban J connectivity index is 2.08. The lowest BCUT2D eigenvalue weighted by Crippen LogP contribution is -2.22. The molecule has 1 aliphatic heterocycles. The molecule has 0 saturated heterocycles. The summed E-state index contributed by atoms with van der Waals surface area (Å²) in [4.78, 5) is 11.0. The average Bonchev–Trinajstić information content (AvgIpc) is 2.84. The predicted octanol–water partition coefficient (Wildman–Crippen LogP) is 1.44. The van der Waals surface area contributed by atoms with Gasteiger partial charge < -0.3 is 15.4 Å². The molecule has 1 atom stereocenters. The molecule has 2 aromatic rings. The molecule has 6 heteroatoms. The van der Waals surface area contributed by atoms with Gasteiger partial charge in [0.05, 0.1) is 11.6 Å². The van der Waals surface area contributed by atoms with E-state index >= 15 is 0 Å². The van der Waals surface area contributed by atoms with Gasteiger partial charge in [-0.1, -0.05) is 12.1 Å². The first-order valence-corrected chi connectivity index (χ1v) is 6.19. The molecule has 0 spiro atoms. The fraction of sp³-hybridized carbons (Fsp3) is 0.308. The third-order valence-corrected chi connectivity index (χ3v) is 3.38. The number of benzene rings is 1. The second-order valence-corrected chi connectivity index (χ2v) is 4.67. The van der Waals surface area contributed by atoms with Crippen LogP contribution in [0.5, 0.6) is 0 Å². The molecule has 1 aromatic carbocycles. The maximum atomic E-state index is 11.0. The van der Waals surface area contributed by atoms with Crippen LogP contribution in [0.2, 0.25) is 0 Å². The number of carboxylic acid groups (broad SMARTS) is 1. The van der Waals surface area contributed by atoms with Crippen LogP contribution in [0.25, 0.3) is 11.4 Å². The Morgan fingerprint density at radius 2 is 2.26 bits per heavy atom. The van der Waals surface area contributed by atoms with Gasteiger partial charge in [0.1, 0.15) is 5.82 Å². The minimum atomic E-state index is -0.947. The third kappa shape index (κ3) is 2.00. The summed E-state index contributed by atoms with van der Waals surface area (Å²) in [5.74, 6) is 0.521. The van der Waals surface area contributed by atoms with E-state index < -0.39 is 5.97 Å². The number of fused-ring (bicyclic) bond motifs is 1. The van der Waals surface area contributed by atoms with Crippen LogP contribution >= 0.6 is 0 Å². The maximum absolute atomic E-state index is 11.0. The van der Waals surface area contributed by atoms with Crippen LogP contribution in [0.15, 0.2) is 24.3 Å². The summed E-state index contributed by atoms with van der Waals surface area (Å²) in [6.07, 6.45) is 1.89. The smallest absolute Gasteiger partial charge is 0.335 e. The Hall–Kier alpha value is -2.21. The van der Waals surface area contributed by atoms with E-state index in [9.17, 15) is 4.79 Å². The SMILES string of the molecule is NC1CCCn2c(-c3cccc(C(=O)O)c3)nnc21. The molecule has 0 bridgehead atoms. The fourth-order valence-electron chi connectivity index (χ4n) is 2.41. The van der Waals surface area contributed by atoms with E-state index in [0.29, 0.717) is 5.82 Å². The number of rotatable bonds is 2. The Labute approximate surface area is 109 Å². The lowest BCUT2D eigenvalue weighted by Gasteiger charge is -2.20. The first kappa shape index (κ1) is 11.9. The highest BCUT2D eigenvalue weighted by Gasteiger charge is 2.23. The zero-order valence-electron chi connectivity index (χ0n) is 10.3.